The van der Waals surface area contributed by atoms with Crippen LogP contribution in [0.15, 0.2) is 0 Å². The summed E-state index contributed by atoms with van der Waals surface area (Å²) in [5.74, 6) is -1.05. The van der Waals surface area contributed by atoms with Crippen LogP contribution < -0.4 is 10.6 Å². The first-order valence-electron chi connectivity index (χ1n) is 5.68. The fourth-order valence-corrected chi connectivity index (χ4v) is 2.97. The lowest BCUT2D eigenvalue weighted by atomic mass is 10.00. The zero-order valence-corrected chi connectivity index (χ0v) is 11.3. The molecule has 0 radical (unpaired) electrons. The van der Waals surface area contributed by atoms with E-state index in [4.69, 9.17) is 0 Å². The first-order chi connectivity index (χ1) is 7.92. The summed E-state index contributed by atoms with van der Waals surface area (Å²) in [4.78, 5) is 11.3. The predicted octanol–water partition coefficient (Wildman–Crippen LogP) is 2.06. The number of halogens is 4. The molecule has 2 fully saturated rings. The van der Waals surface area contributed by atoms with Crippen LogP contribution in [0.5, 0.6) is 0 Å². The number of alkyl halides is 3. The first kappa shape index (κ1) is 15.9. The Morgan fingerprint density at radius 2 is 1.83 bits per heavy atom. The Bertz CT molecular complexity index is 291. The molecule has 0 aromatic carbocycles. The van der Waals surface area contributed by atoms with Gasteiger partial charge >= 0.3 is 5.51 Å². The molecule has 3 nitrogen and oxygen atoms in total. The van der Waals surface area contributed by atoms with Crippen molar-refractivity contribution in [2.45, 2.75) is 49.3 Å². The van der Waals surface area contributed by atoms with Gasteiger partial charge in [-0.2, -0.15) is 13.2 Å². The summed E-state index contributed by atoms with van der Waals surface area (Å²) >= 11 is -0.280. The number of hydrogen-bond acceptors (Lipinski definition) is 3. The van der Waals surface area contributed by atoms with E-state index in [-0.39, 0.29) is 30.2 Å². The molecule has 18 heavy (non-hydrogen) atoms. The number of nitrogens with one attached hydrogen (secondary N) is 2. The second kappa shape index (κ2) is 6.34. The standard InChI is InChI=1S/C10H15F3N2OS.ClH/c11-10(12,13)17-5-9(16)15-8-3-6-1-2-7(4-8)14-6;/h6-8,14H,1-5H2,(H,15,16);1H. The highest BCUT2D eigenvalue weighted by Crippen LogP contribution is 2.30. The van der Waals surface area contributed by atoms with Gasteiger partial charge in [0.2, 0.25) is 5.91 Å². The van der Waals surface area contributed by atoms with Gasteiger partial charge in [-0.3, -0.25) is 4.79 Å². The molecule has 0 aliphatic carbocycles. The Morgan fingerprint density at radius 3 is 2.33 bits per heavy atom. The van der Waals surface area contributed by atoms with Crippen LogP contribution in [-0.4, -0.2) is 35.3 Å². The molecule has 0 spiro atoms. The normalized spacial score (nSPS) is 30.7. The lowest BCUT2D eigenvalue weighted by molar-refractivity contribution is -0.119. The third-order valence-corrected chi connectivity index (χ3v) is 3.94. The van der Waals surface area contributed by atoms with Crippen molar-refractivity contribution in [3.63, 3.8) is 0 Å². The van der Waals surface area contributed by atoms with E-state index in [2.05, 4.69) is 10.6 Å². The zero-order chi connectivity index (χ0) is 12.5. The summed E-state index contributed by atoms with van der Waals surface area (Å²) in [7, 11) is 0. The molecule has 2 aliphatic heterocycles. The minimum atomic E-state index is -4.33. The quantitative estimate of drug-likeness (QED) is 0.838. The molecule has 2 saturated heterocycles. The van der Waals surface area contributed by atoms with Gasteiger partial charge in [-0.15, -0.1) is 12.4 Å². The molecule has 2 aliphatic rings. The summed E-state index contributed by atoms with van der Waals surface area (Å²) < 4.78 is 35.7. The van der Waals surface area contributed by atoms with Gasteiger partial charge in [0.25, 0.3) is 0 Å². The van der Waals surface area contributed by atoms with Crippen molar-refractivity contribution < 1.29 is 18.0 Å². The van der Waals surface area contributed by atoms with Crippen molar-refractivity contribution >= 4 is 30.1 Å². The second-order valence-corrected chi connectivity index (χ2v) is 5.65. The molecule has 2 atom stereocenters. The summed E-state index contributed by atoms with van der Waals surface area (Å²) in [6.07, 6.45) is 3.88. The van der Waals surface area contributed by atoms with Crippen molar-refractivity contribution in [2.75, 3.05) is 5.75 Å². The molecule has 2 unspecified atom stereocenters. The van der Waals surface area contributed by atoms with Gasteiger partial charge in [-0.1, -0.05) is 0 Å². The van der Waals surface area contributed by atoms with Gasteiger partial charge in [0.1, 0.15) is 0 Å². The highest BCUT2D eigenvalue weighted by atomic mass is 35.5. The average molecular weight is 305 g/mol. The predicted molar refractivity (Wildman–Crippen MR) is 66.9 cm³/mol. The van der Waals surface area contributed by atoms with E-state index in [1.54, 1.807) is 0 Å². The van der Waals surface area contributed by atoms with E-state index in [1.807, 2.05) is 0 Å². The molecular weight excluding hydrogens is 289 g/mol. The van der Waals surface area contributed by atoms with Gasteiger partial charge in [0.15, 0.2) is 0 Å². The van der Waals surface area contributed by atoms with Crippen LogP contribution >= 0.6 is 24.2 Å². The molecule has 2 N–H and O–H groups in total. The maximum absolute atomic E-state index is 11.9. The van der Waals surface area contributed by atoms with Crippen LogP contribution in [0, 0.1) is 0 Å². The Hall–Kier alpha value is -0.140. The molecule has 2 rings (SSSR count). The SMILES string of the molecule is Cl.O=C(CSC(F)(F)F)NC1CC2CCC(C1)N2. The number of carbonyl (C=O) groups excluding carboxylic acids is 1. The molecule has 2 heterocycles. The first-order valence-corrected chi connectivity index (χ1v) is 6.67. The highest BCUT2D eigenvalue weighted by molar-refractivity contribution is 8.00. The van der Waals surface area contributed by atoms with Crippen LogP contribution in [0.4, 0.5) is 13.2 Å². The van der Waals surface area contributed by atoms with Crippen LogP contribution in [-0.2, 0) is 4.79 Å². The number of carbonyl (C=O) groups is 1. The van der Waals surface area contributed by atoms with Gasteiger partial charge in [0.05, 0.1) is 5.75 Å². The van der Waals surface area contributed by atoms with Crippen molar-refractivity contribution in [2.24, 2.45) is 0 Å². The lowest BCUT2D eigenvalue weighted by Crippen LogP contribution is -2.48. The van der Waals surface area contributed by atoms with E-state index in [1.165, 1.54) is 0 Å². The Labute approximate surface area is 114 Å². The molecule has 106 valence electrons. The van der Waals surface area contributed by atoms with Crippen molar-refractivity contribution in [1.29, 1.82) is 0 Å². The largest absolute Gasteiger partial charge is 0.442 e. The number of rotatable bonds is 3. The second-order valence-electron chi connectivity index (χ2n) is 4.61. The summed E-state index contributed by atoms with van der Waals surface area (Å²) in [6, 6.07) is 0.888. The Balaban J connectivity index is 0.00000162. The topological polar surface area (TPSA) is 41.1 Å². The fraction of sp³-hybridized carbons (Fsp3) is 0.900. The van der Waals surface area contributed by atoms with E-state index in [9.17, 15) is 18.0 Å². The van der Waals surface area contributed by atoms with E-state index in [0.717, 1.165) is 25.7 Å². The number of hydrogen-bond donors (Lipinski definition) is 2. The summed E-state index contributed by atoms with van der Waals surface area (Å²) in [5, 5.41) is 6.11. The van der Waals surface area contributed by atoms with Gasteiger partial charge in [-0.25, -0.2) is 0 Å². The fourth-order valence-electron chi connectivity index (χ4n) is 2.59. The molecule has 1 amide bonds. The third kappa shape index (κ3) is 4.85. The number of fused-ring (bicyclic) bond motifs is 2. The zero-order valence-electron chi connectivity index (χ0n) is 9.63. The summed E-state index contributed by atoms with van der Waals surface area (Å²) in [6.45, 7) is 0. The van der Waals surface area contributed by atoms with Crippen LogP contribution in [0.3, 0.4) is 0 Å². The smallest absolute Gasteiger partial charge is 0.353 e. The van der Waals surface area contributed by atoms with E-state index >= 15 is 0 Å². The van der Waals surface area contributed by atoms with Crippen LogP contribution in [0.25, 0.3) is 0 Å². The number of amides is 1. The summed E-state index contributed by atoms with van der Waals surface area (Å²) in [5.41, 5.74) is -4.33. The molecule has 0 saturated carbocycles. The molecule has 2 bridgehead atoms. The third-order valence-electron chi connectivity index (χ3n) is 3.21. The molecule has 0 aromatic rings. The Kier molecular flexibility index (Phi) is 5.61. The van der Waals surface area contributed by atoms with Gasteiger partial charge in [-0.05, 0) is 37.4 Å². The number of thioether (sulfide) groups is 1. The molecule has 0 aromatic heterocycles. The van der Waals surface area contributed by atoms with Crippen LogP contribution in [0.2, 0.25) is 0 Å². The minimum Gasteiger partial charge on any atom is -0.353 e. The van der Waals surface area contributed by atoms with E-state index in [0.29, 0.717) is 12.1 Å². The van der Waals surface area contributed by atoms with Crippen LogP contribution in [0.1, 0.15) is 25.7 Å². The Morgan fingerprint density at radius 1 is 1.28 bits per heavy atom. The number of piperidine rings is 1. The van der Waals surface area contributed by atoms with E-state index < -0.39 is 17.2 Å². The molecular formula is C10H16ClF3N2OS. The average Bonchev–Trinajstić information content (AvgIpc) is 2.54. The monoisotopic (exact) mass is 304 g/mol. The minimum absolute atomic E-state index is 0. The highest BCUT2D eigenvalue weighted by Gasteiger charge is 2.34. The maximum Gasteiger partial charge on any atom is 0.442 e. The van der Waals surface area contributed by atoms with Gasteiger partial charge in [0, 0.05) is 18.1 Å². The lowest BCUT2D eigenvalue weighted by Gasteiger charge is -2.29. The maximum atomic E-state index is 11.9. The van der Waals surface area contributed by atoms with Crippen molar-refractivity contribution in [3.05, 3.63) is 0 Å². The van der Waals surface area contributed by atoms with Gasteiger partial charge < -0.3 is 10.6 Å². The molecule has 8 heteroatoms. The van der Waals surface area contributed by atoms with Crippen molar-refractivity contribution in [3.8, 4) is 0 Å². The van der Waals surface area contributed by atoms with Crippen molar-refractivity contribution in [1.82, 2.24) is 10.6 Å².